The fourth-order valence-electron chi connectivity index (χ4n) is 2.79. The Labute approximate surface area is 160 Å². The Morgan fingerprint density at radius 2 is 1.96 bits per heavy atom. The first-order valence-corrected chi connectivity index (χ1v) is 9.84. The van der Waals surface area contributed by atoms with Crippen molar-refractivity contribution >= 4 is 45.4 Å². The van der Waals surface area contributed by atoms with Crippen LogP contribution in [0.2, 0.25) is 0 Å². The number of hydrogen-bond donors (Lipinski definition) is 2. The number of H-pyrrole nitrogens is 1. The second-order valence-electron chi connectivity index (χ2n) is 6.13. The molecule has 0 radical (unpaired) electrons. The molecule has 0 spiro atoms. The molecule has 1 unspecified atom stereocenters. The van der Waals surface area contributed by atoms with Crippen LogP contribution >= 0.6 is 23.6 Å². The summed E-state index contributed by atoms with van der Waals surface area (Å²) in [5.74, 6) is -0.277. The van der Waals surface area contributed by atoms with E-state index in [1.54, 1.807) is 6.92 Å². The van der Waals surface area contributed by atoms with Gasteiger partial charge in [0.1, 0.15) is 10.9 Å². The molecule has 26 heavy (non-hydrogen) atoms. The van der Waals surface area contributed by atoms with Crippen LogP contribution < -0.4 is 10.9 Å². The molecule has 5 nitrogen and oxygen atoms in total. The summed E-state index contributed by atoms with van der Waals surface area (Å²) in [6, 6.07) is 8.83. The van der Waals surface area contributed by atoms with Gasteiger partial charge in [0, 0.05) is 10.6 Å². The smallest absolute Gasteiger partial charge is 0.263 e. The van der Waals surface area contributed by atoms with Gasteiger partial charge in [0.2, 0.25) is 5.91 Å². The third-order valence-corrected chi connectivity index (χ3v) is 5.91. The molecular weight excluding hydrogens is 366 g/mol. The molecule has 7 heteroatoms. The van der Waals surface area contributed by atoms with Crippen LogP contribution in [0, 0.1) is 4.77 Å². The standard InChI is InChI=1S/C19H21N3O2S2/c1-4-12-6-8-13(9-7-12)20-16(23)11(3)22-18(24)15-10-14(5-2)26-17(15)21-19(22)25/h6-11H,4-5H2,1-3H3,(H,20,23)(H,21,25). The van der Waals surface area contributed by atoms with Crippen LogP contribution in [-0.4, -0.2) is 15.5 Å². The molecular formula is C19H21N3O2S2. The molecule has 1 amide bonds. The molecule has 2 N–H and O–H groups in total. The predicted molar refractivity (Wildman–Crippen MR) is 110 cm³/mol. The van der Waals surface area contributed by atoms with Gasteiger partial charge in [-0.1, -0.05) is 26.0 Å². The van der Waals surface area contributed by atoms with Crippen LogP contribution in [0.3, 0.4) is 0 Å². The molecule has 2 heterocycles. The fraction of sp³-hybridized carbons (Fsp3) is 0.316. The first-order chi connectivity index (χ1) is 12.4. The minimum atomic E-state index is -0.716. The molecule has 0 aliphatic carbocycles. The van der Waals surface area contributed by atoms with Crippen molar-refractivity contribution in [3.8, 4) is 0 Å². The lowest BCUT2D eigenvalue weighted by Crippen LogP contribution is -2.32. The maximum absolute atomic E-state index is 12.9. The van der Waals surface area contributed by atoms with E-state index < -0.39 is 6.04 Å². The monoisotopic (exact) mass is 387 g/mol. The lowest BCUT2D eigenvalue weighted by Gasteiger charge is -2.15. The highest BCUT2D eigenvalue weighted by atomic mass is 32.1. The number of carbonyl (C=O) groups excluding carboxylic acids is 1. The van der Waals surface area contributed by atoms with Gasteiger partial charge in [-0.15, -0.1) is 11.3 Å². The number of aromatic nitrogens is 2. The largest absolute Gasteiger partial charge is 0.324 e. The lowest BCUT2D eigenvalue weighted by molar-refractivity contribution is -0.118. The molecule has 3 aromatic rings. The number of fused-ring (bicyclic) bond motifs is 1. The molecule has 0 saturated carbocycles. The Balaban J connectivity index is 1.93. The minimum absolute atomic E-state index is 0.233. The maximum atomic E-state index is 12.9. The van der Waals surface area contributed by atoms with Gasteiger partial charge in [-0.05, 0) is 55.7 Å². The van der Waals surface area contributed by atoms with E-state index in [1.165, 1.54) is 21.5 Å². The summed E-state index contributed by atoms with van der Waals surface area (Å²) in [4.78, 5) is 30.5. The van der Waals surface area contributed by atoms with Gasteiger partial charge >= 0.3 is 0 Å². The van der Waals surface area contributed by atoms with E-state index in [9.17, 15) is 9.59 Å². The highest BCUT2D eigenvalue weighted by molar-refractivity contribution is 7.71. The van der Waals surface area contributed by atoms with Gasteiger partial charge in [-0.25, -0.2) is 0 Å². The van der Waals surface area contributed by atoms with Gasteiger partial charge < -0.3 is 10.3 Å². The van der Waals surface area contributed by atoms with E-state index in [0.717, 1.165) is 22.5 Å². The number of nitrogens with zero attached hydrogens (tertiary/aromatic N) is 1. The summed E-state index contributed by atoms with van der Waals surface area (Å²) in [6.07, 6.45) is 1.79. The second kappa shape index (κ2) is 7.55. The topological polar surface area (TPSA) is 66.9 Å². The number of thiophene rings is 1. The number of nitrogens with one attached hydrogen (secondary N) is 2. The zero-order chi connectivity index (χ0) is 18.8. The summed E-state index contributed by atoms with van der Waals surface area (Å²) < 4.78 is 1.61. The highest BCUT2D eigenvalue weighted by Crippen LogP contribution is 2.22. The summed E-state index contributed by atoms with van der Waals surface area (Å²) in [6.45, 7) is 5.80. The average Bonchev–Trinajstić information content (AvgIpc) is 3.05. The van der Waals surface area contributed by atoms with Crippen molar-refractivity contribution in [3.05, 3.63) is 55.9 Å². The Hall–Kier alpha value is -2.25. The third-order valence-electron chi connectivity index (χ3n) is 4.42. The highest BCUT2D eigenvalue weighted by Gasteiger charge is 2.20. The number of aromatic amines is 1. The number of rotatable bonds is 5. The number of amides is 1. The molecule has 136 valence electrons. The number of anilines is 1. The zero-order valence-corrected chi connectivity index (χ0v) is 16.6. The van der Waals surface area contributed by atoms with E-state index in [1.807, 2.05) is 37.3 Å². The zero-order valence-electron chi connectivity index (χ0n) is 15.0. The van der Waals surface area contributed by atoms with Crippen molar-refractivity contribution in [2.75, 3.05) is 5.32 Å². The quantitative estimate of drug-likeness (QED) is 0.636. The Bertz CT molecular complexity index is 1060. The predicted octanol–water partition coefficient (Wildman–Crippen LogP) is 4.45. The van der Waals surface area contributed by atoms with Crippen LogP contribution in [0.5, 0.6) is 0 Å². The van der Waals surface area contributed by atoms with Gasteiger partial charge in [0.15, 0.2) is 4.77 Å². The number of hydrogen-bond acceptors (Lipinski definition) is 4. The normalized spacial score (nSPS) is 12.3. The number of carbonyl (C=O) groups is 1. The molecule has 0 saturated heterocycles. The molecule has 0 fully saturated rings. The van der Waals surface area contributed by atoms with E-state index >= 15 is 0 Å². The number of benzene rings is 1. The van der Waals surface area contributed by atoms with Crippen molar-refractivity contribution in [1.29, 1.82) is 0 Å². The Morgan fingerprint density at radius 3 is 2.58 bits per heavy atom. The Morgan fingerprint density at radius 1 is 1.27 bits per heavy atom. The first kappa shape index (κ1) is 18.5. The summed E-state index contributed by atoms with van der Waals surface area (Å²) in [5, 5.41) is 3.43. The van der Waals surface area contributed by atoms with Crippen LogP contribution in [0.4, 0.5) is 5.69 Å². The summed E-state index contributed by atoms with van der Waals surface area (Å²) >= 11 is 6.86. The van der Waals surface area contributed by atoms with Crippen molar-refractivity contribution < 1.29 is 4.79 Å². The molecule has 0 bridgehead atoms. The second-order valence-corrected chi connectivity index (χ2v) is 7.65. The van der Waals surface area contributed by atoms with E-state index in [-0.39, 0.29) is 16.2 Å². The minimum Gasteiger partial charge on any atom is -0.324 e. The van der Waals surface area contributed by atoms with E-state index in [0.29, 0.717) is 11.1 Å². The lowest BCUT2D eigenvalue weighted by atomic mass is 10.1. The van der Waals surface area contributed by atoms with Gasteiger partial charge in [0.05, 0.1) is 5.39 Å². The fourth-order valence-corrected chi connectivity index (χ4v) is 4.18. The van der Waals surface area contributed by atoms with Gasteiger partial charge in [0.25, 0.3) is 5.56 Å². The molecule has 1 atom stereocenters. The molecule has 0 aliphatic heterocycles. The third kappa shape index (κ3) is 3.50. The molecule has 2 aromatic heterocycles. The molecule has 3 rings (SSSR count). The first-order valence-electron chi connectivity index (χ1n) is 8.61. The van der Waals surface area contributed by atoms with Gasteiger partial charge in [-0.3, -0.25) is 14.2 Å². The SMILES string of the molecule is CCc1ccc(NC(=O)C(C)n2c(=S)[nH]c3sc(CC)cc3c2=O)cc1. The van der Waals surface area contributed by atoms with E-state index in [4.69, 9.17) is 12.2 Å². The maximum Gasteiger partial charge on any atom is 0.263 e. The van der Waals surface area contributed by atoms with Crippen molar-refractivity contribution in [2.45, 2.75) is 39.7 Å². The van der Waals surface area contributed by atoms with Crippen molar-refractivity contribution in [1.82, 2.24) is 9.55 Å². The van der Waals surface area contributed by atoms with Crippen LogP contribution in [0.25, 0.3) is 10.2 Å². The summed E-state index contributed by atoms with van der Waals surface area (Å²) in [7, 11) is 0. The van der Waals surface area contributed by atoms with Crippen molar-refractivity contribution in [3.63, 3.8) is 0 Å². The van der Waals surface area contributed by atoms with E-state index in [2.05, 4.69) is 17.2 Å². The van der Waals surface area contributed by atoms with Crippen molar-refractivity contribution in [2.24, 2.45) is 0 Å². The number of aryl methyl sites for hydroxylation is 2. The van der Waals surface area contributed by atoms with Crippen LogP contribution in [0.15, 0.2) is 35.1 Å². The summed E-state index contributed by atoms with van der Waals surface area (Å²) in [5.41, 5.74) is 1.67. The van der Waals surface area contributed by atoms with Gasteiger partial charge in [-0.2, -0.15) is 0 Å². The molecule has 1 aromatic carbocycles. The molecule has 0 aliphatic rings. The Kier molecular flexibility index (Phi) is 5.38. The average molecular weight is 388 g/mol. The van der Waals surface area contributed by atoms with Crippen LogP contribution in [-0.2, 0) is 17.6 Å². The van der Waals surface area contributed by atoms with Crippen LogP contribution in [0.1, 0.15) is 37.3 Å².